The molecule has 3 fully saturated rings. The fourth-order valence-electron chi connectivity index (χ4n) is 6.93. The lowest BCUT2D eigenvalue weighted by atomic mass is 9.91. The SMILES string of the molecule is CC(C)Oc1ccncc1C1CN(C(=O)[C@@H]2CC[C@@H]3C[C@@H](C)C[C@H](NC(=O)c4cc5cc([C@H](F)P(=O)(O)O)ccc5s4)C(=O)N32)C1. The van der Waals surface area contributed by atoms with E-state index in [0.29, 0.717) is 36.0 Å². The summed E-state index contributed by atoms with van der Waals surface area (Å²) in [5, 5.41) is 3.36. The highest BCUT2D eigenvalue weighted by Gasteiger charge is 2.49. The van der Waals surface area contributed by atoms with Crippen molar-refractivity contribution in [3.8, 4) is 5.75 Å². The Labute approximate surface area is 270 Å². The first-order valence-corrected chi connectivity index (χ1v) is 18.0. The fraction of sp³-hybridized carbons (Fsp3) is 0.500. The highest BCUT2D eigenvalue weighted by molar-refractivity contribution is 7.51. The van der Waals surface area contributed by atoms with E-state index in [0.717, 1.165) is 35.5 Å². The van der Waals surface area contributed by atoms with Gasteiger partial charge in [0.2, 0.25) is 17.7 Å². The van der Waals surface area contributed by atoms with Crippen LogP contribution >= 0.6 is 18.9 Å². The van der Waals surface area contributed by atoms with E-state index < -0.39 is 31.5 Å². The Morgan fingerprint density at radius 2 is 1.91 bits per heavy atom. The minimum Gasteiger partial charge on any atom is -0.491 e. The number of thiophene rings is 1. The van der Waals surface area contributed by atoms with Crippen LogP contribution in [0.1, 0.15) is 79.1 Å². The molecule has 0 radical (unpaired) electrons. The Balaban J connectivity index is 1.14. The van der Waals surface area contributed by atoms with Crippen LogP contribution in [0, 0.1) is 5.92 Å². The molecule has 1 aromatic carbocycles. The summed E-state index contributed by atoms with van der Waals surface area (Å²) >= 11 is 1.14. The minimum atomic E-state index is -4.98. The standard InChI is InChI=1S/C32H38FN4O7PS/c1-17(2)44-26-8-9-34-14-23(26)21-15-36(16-21)32(40)25-6-5-22-10-18(3)11-24(31(39)37(22)25)35-30(38)28-13-20-12-19(4-7-27(20)46-28)29(33)45(41,42)43/h4,7-9,12-14,17-18,21-22,24-25,29H,5-6,10-11,15-16H2,1-3H3,(H,35,38)(H2,41,42,43)/t18-,22-,24+,25+,29-/m1/s1. The molecule has 0 saturated carbocycles. The van der Waals surface area contributed by atoms with E-state index in [2.05, 4.69) is 10.3 Å². The van der Waals surface area contributed by atoms with Crippen molar-refractivity contribution in [1.29, 1.82) is 0 Å². The Kier molecular flexibility index (Phi) is 8.97. The van der Waals surface area contributed by atoms with Crippen LogP contribution in [-0.4, -0.2) is 79.6 Å². The topological polar surface area (TPSA) is 149 Å². The Morgan fingerprint density at radius 3 is 2.63 bits per heavy atom. The summed E-state index contributed by atoms with van der Waals surface area (Å²) in [5.41, 5.74) is 0.795. The van der Waals surface area contributed by atoms with Gasteiger partial charge in [0.05, 0.1) is 11.0 Å². The molecule has 0 unspecified atom stereocenters. The second kappa shape index (κ2) is 12.7. The third kappa shape index (κ3) is 6.43. The van der Waals surface area contributed by atoms with Gasteiger partial charge >= 0.3 is 7.60 Å². The summed E-state index contributed by atoms with van der Waals surface area (Å²) in [4.78, 5) is 67.7. The number of rotatable bonds is 8. The number of amides is 3. The number of nitrogens with one attached hydrogen (secondary N) is 1. The molecule has 3 saturated heterocycles. The molecule has 3 amide bonds. The lowest BCUT2D eigenvalue weighted by Gasteiger charge is -2.43. The lowest BCUT2D eigenvalue weighted by Crippen LogP contribution is -2.58. The van der Waals surface area contributed by atoms with Gasteiger partial charge in [-0.2, -0.15) is 0 Å². The molecular weight excluding hydrogens is 634 g/mol. The molecule has 6 rings (SSSR count). The van der Waals surface area contributed by atoms with Crippen molar-refractivity contribution in [2.24, 2.45) is 5.92 Å². The summed E-state index contributed by atoms with van der Waals surface area (Å²) in [6.45, 7) is 7.01. The number of benzene rings is 1. The second-order valence-corrected chi connectivity index (χ2v) is 15.7. The lowest BCUT2D eigenvalue weighted by molar-refractivity contribution is -0.148. The molecule has 11 nitrogen and oxygen atoms in total. The van der Waals surface area contributed by atoms with Gasteiger partial charge in [0.15, 0.2) is 0 Å². The van der Waals surface area contributed by atoms with E-state index in [4.69, 9.17) is 4.74 Å². The van der Waals surface area contributed by atoms with Crippen LogP contribution in [0.25, 0.3) is 10.1 Å². The maximum absolute atomic E-state index is 14.3. The molecule has 2 aromatic heterocycles. The first-order chi connectivity index (χ1) is 21.8. The van der Waals surface area contributed by atoms with E-state index in [1.807, 2.05) is 26.8 Å². The number of alkyl halides is 1. The smallest absolute Gasteiger partial charge is 0.363 e. The number of hydrogen-bond acceptors (Lipinski definition) is 7. The number of aromatic nitrogens is 1. The van der Waals surface area contributed by atoms with Gasteiger partial charge in [-0.1, -0.05) is 13.0 Å². The van der Waals surface area contributed by atoms with Gasteiger partial charge < -0.3 is 29.6 Å². The van der Waals surface area contributed by atoms with Crippen LogP contribution in [0.15, 0.2) is 42.7 Å². The minimum absolute atomic E-state index is 0.00984. The van der Waals surface area contributed by atoms with Crippen molar-refractivity contribution in [3.63, 3.8) is 0 Å². The van der Waals surface area contributed by atoms with E-state index in [1.165, 1.54) is 24.3 Å². The number of halogens is 1. The largest absolute Gasteiger partial charge is 0.491 e. The number of likely N-dealkylation sites (tertiary alicyclic amines) is 1. The molecule has 0 aliphatic carbocycles. The van der Waals surface area contributed by atoms with E-state index in [1.54, 1.807) is 22.2 Å². The zero-order chi connectivity index (χ0) is 32.9. The number of carbonyl (C=O) groups excluding carboxylic acids is 3. The number of hydrogen-bond donors (Lipinski definition) is 3. The maximum atomic E-state index is 14.3. The number of carbonyl (C=O) groups is 3. The molecule has 3 aromatic rings. The Morgan fingerprint density at radius 1 is 1.15 bits per heavy atom. The van der Waals surface area contributed by atoms with Gasteiger partial charge in [-0.3, -0.25) is 23.9 Å². The normalized spacial score (nSPS) is 24.5. The molecule has 14 heteroatoms. The summed E-state index contributed by atoms with van der Waals surface area (Å²) in [7, 11) is -4.98. The summed E-state index contributed by atoms with van der Waals surface area (Å²) in [5.74, 6) is -2.27. The van der Waals surface area contributed by atoms with E-state index in [-0.39, 0.29) is 46.2 Å². The molecule has 3 aliphatic heterocycles. The van der Waals surface area contributed by atoms with Gasteiger partial charge in [-0.15, -0.1) is 11.3 Å². The molecular formula is C32H38FN4O7PS. The summed E-state index contributed by atoms with van der Waals surface area (Å²) in [6.07, 6.45) is 5.96. The predicted octanol–water partition coefficient (Wildman–Crippen LogP) is 4.74. The van der Waals surface area contributed by atoms with Gasteiger partial charge in [-0.05, 0) is 80.7 Å². The molecule has 0 spiro atoms. The van der Waals surface area contributed by atoms with Crippen molar-refractivity contribution in [2.45, 2.75) is 82.5 Å². The zero-order valence-electron chi connectivity index (χ0n) is 25.8. The molecule has 0 bridgehead atoms. The van der Waals surface area contributed by atoms with Crippen LogP contribution < -0.4 is 10.1 Å². The molecule has 3 aliphatic rings. The first-order valence-electron chi connectivity index (χ1n) is 15.5. The maximum Gasteiger partial charge on any atom is 0.363 e. The van der Waals surface area contributed by atoms with Gasteiger partial charge in [0, 0.05) is 47.7 Å². The fourth-order valence-corrected chi connectivity index (χ4v) is 8.42. The van der Waals surface area contributed by atoms with Crippen LogP contribution in [0.2, 0.25) is 0 Å². The Hall–Kier alpha value is -3.38. The van der Waals surface area contributed by atoms with Crippen LogP contribution in [-0.2, 0) is 14.2 Å². The molecule has 5 atom stereocenters. The number of nitrogens with zero attached hydrogens (tertiary/aromatic N) is 3. The van der Waals surface area contributed by atoms with Crippen molar-refractivity contribution in [1.82, 2.24) is 20.1 Å². The number of ether oxygens (including phenoxy) is 1. The predicted molar refractivity (Wildman–Crippen MR) is 170 cm³/mol. The Bertz CT molecular complexity index is 1710. The van der Waals surface area contributed by atoms with Gasteiger partial charge in [0.25, 0.3) is 5.91 Å². The highest BCUT2D eigenvalue weighted by Crippen LogP contribution is 2.53. The average Bonchev–Trinajstić information content (AvgIpc) is 3.56. The van der Waals surface area contributed by atoms with Crippen molar-refractivity contribution < 1.29 is 37.9 Å². The monoisotopic (exact) mass is 672 g/mol. The summed E-state index contributed by atoms with van der Waals surface area (Å²) in [6, 6.07) is 6.02. The van der Waals surface area contributed by atoms with Crippen LogP contribution in [0.5, 0.6) is 5.75 Å². The van der Waals surface area contributed by atoms with Crippen molar-refractivity contribution in [2.75, 3.05) is 13.1 Å². The van der Waals surface area contributed by atoms with Gasteiger partial charge in [0.1, 0.15) is 17.8 Å². The van der Waals surface area contributed by atoms with Crippen molar-refractivity contribution in [3.05, 3.63) is 58.7 Å². The molecule has 3 N–H and O–H groups in total. The van der Waals surface area contributed by atoms with Crippen LogP contribution in [0.3, 0.4) is 0 Å². The average molecular weight is 673 g/mol. The number of pyridine rings is 1. The first kappa shape index (κ1) is 32.6. The van der Waals surface area contributed by atoms with Crippen LogP contribution in [0.4, 0.5) is 4.39 Å². The molecule has 46 heavy (non-hydrogen) atoms. The third-order valence-corrected chi connectivity index (χ3v) is 11.1. The third-order valence-electron chi connectivity index (χ3n) is 9.10. The number of fused-ring (bicyclic) bond motifs is 2. The quantitative estimate of drug-likeness (QED) is 0.291. The van der Waals surface area contributed by atoms with Crippen molar-refractivity contribution >= 4 is 46.7 Å². The zero-order valence-corrected chi connectivity index (χ0v) is 27.5. The summed E-state index contributed by atoms with van der Waals surface area (Å²) < 4.78 is 32.3. The van der Waals surface area contributed by atoms with Gasteiger partial charge in [-0.25, -0.2) is 4.39 Å². The highest BCUT2D eigenvalue weighted by atomic mass is 32.1. The molecule has 5 heterocycles. The van der Waals surface area contributed by atoms with E-state index >= 15 is 0 Å². The molecule has 246 valence electrons. The van der Waals surface area contributed by atoms with E-state index in [9.17, 15) is 33.1 Å². The second-order valence-electron chi connectivity index (χ2n) is 12.9.